The van der Waals surface area contributed by atoms with Crippen molar-refractivity contribution in [3.8, 4) is 11.8 Å². The summed E-state index contributed by atoms with van der Waals surface area (Å²) in [6.45, 7) is 5.31. The minimum Gasteiger partial charge on any atom is -0.379 e. The Morgan fingerprint density at radius 1 is 1.17 bits per heavy atom. The Labute approximate surface area is 209 Å². The molecule has 36 heavy (non-hydrogen) atoms. The minimum atomic E-state index is -0.169. The zero-order valence-corrected chi connectivity index (χ0v) is 20.3. The number of hydrogen-bond donors (Lipinski definition) is 1. The number of amides is 2. The van der Waals surface area contributed by atoms with Crippen LogP contribution in [0.25, 0.3) is 10.8 Å². The van der Waals surface area contributed by atoms with Gasteiger partial charge in [-0.05, 0) is 50.8 Å². The summed E-state index contributed by atoms with van der Waals surface area (Å²) < 4.78 is 11.0. The maximum Gasteiger partial charge on any atom is 0.253 e. The molecule has 2 amide bonds. The van der Waals surface area contributed by atoms with Crippen molar-refractivity contribution in [2.45, 2.75) is 32.8 Å². The zero-order chi connectivity index (χ0) is 25.1. The molecule has 0 spiro atoms. The molecule has 1 saturated heterocycles. The van der Waals surface area contributed by atoms with Crippen molar-refractivity contribution >= 4 is 34.1 Å². The SMILES string of the molecule is CCOCC1CN(c2ccc(C#Cc3cnc(C)c4cnc(NC(=O)C5CC5)cc34)nc2)C(=O)CO1. The predicted molar refractivity (Wildman–Crippen MR) is 134 cm³/mol. The largest absolute Gasteiger partial charge is 0.379 e. The van der Waals surface area contributed by atoms with Crippen molar-refractivity contribution in [1.82, 2.24) is 15.0 Å². The second-order valence-electron chi connectivity index (χ2n) is 8.88. The van der Waals surface area contributed by atoms with Crippen LogP contribution in [0.3, 0.4) is 0 Å². The number of ether oxygens (including phenoxy) is 2. The van der Waals surface area contributed by atoms with Gasteiger partial charge in [-0.25, -0.2) is 9.97 Å². The molecule has 0 radical (unpaired) electrons. The van der Waals surface area contributed by atoms with E-state index in [2.05, 4.69) is 32.1 Å². The maximum atomic E-state index is 12.4. The lowest BCUT2D eigenvalue weighted by Gasteiger charge is -2.32. The number of fused-ring (bicyclic) bond motifs is 1. The quantitative estimate of drug-likeness (QED) is 0.535. The zero-order valence-electron chi connectivity index (χ0n) is 20.3. The summed E-state index contributed by atoms with van der Waals surface area (Å²) in [6.07, 6.45) is 6.77. The molecule has 4 heterocycles. The first-order chi connectivity index (χ1) is 17.5. The minimum absolute atomic E-state index is 0.00696. The predicted octanol–water partition coefficient (Wildman–Crippen LogP) is 2.85. The van der Waals surface area contributed by atoms with Crippen LogP contribution in [-0.2, 0) is 19.1 Å². The van der Waals surface area contributed by atoms with Crippen LogP contribution in [0.5, 0.6) is 0 Å². The van der Waals surface area contributed by atoms with Gasteiger partial charge in [0.2, 0.25) is 5.91 Å². The molecule has 0 aromatic carbocycles. The molecule has 1 aliphatic carbocycles. The van der Waals surface area contributed by atoms with E-state index >= 15 is 0 Å². The number of aryl methyl sites for hydroxylation is 1. The standard InChI is InChI=1S/C27H27N5O4/c1-3-35-15-22-14-32(26(33)16-36-22)21-9-8-20(29-12-21)7-6-19-11-28-17(2)24-13-30-25(10-23(19)24)31-27(34)18-4-5-18/h8-13,18,22H,3-5,14-16H2,1-2H3,(H,30,31,34). The van der Waals surface area contributed by atoms with E-state index in [0.717, 1.165) is 29.3 Å². The number of carbonyl (C=O) groups is 2. The van der Waals surface area contributed by atoms with Crippen molar-refractivity contribution in [3.63, 3.8) is 0 Å². The van der Waals surface area contributed by atoms with Gasteiger partial charge in [-0.1, -0.05) is 5.92 Å². The lowest BCUT2D eigenvalue weighted by Crippen LogP contribution is -2.48. The number of nitrogens with one attached hydrogen (secondary N) is 1. The molecule has 9 nitrogen and oxygen atoms in total. The van der Waals surface area contributed by atoms with Gasteiger partial charge in [0.25, 0.3) is 5.91 Å². The van der Waals surface area contributed by atoms with Gasteiger partial charge < -0.3 is 19.7 Å². The van der Waals surface area contributed by atoms with Crippen LogP contribution in [-0.4, -0.2) is 59.2 Å². The normalized spacial score (nSPS) is 17.6. The summed E-state index contributed by atoms with van der Waals surface area (Å²) in [5.74, 6) is 6.73. The van der Waals surface area contributed by atoms with Crippen molar-refractivity contribution < 1.29 is 19.1 Å². The first-order valence-corrected chi connectivity index (χ1v) is 12.1. The molecule has 0 bridgehead atoms. The van der Waals surface area contributed by atoms with Crippen LogP contribution in [0.4, 0.5) is 11.5 Å². The molecule has 2 fully saturated rings. The molecular formula is C27H27N5O4. The number of rotatable bonds is 6. The molecular weight excluding hydrogens is 458 g/mol. The third-order valence-electron chi connectivity index (χ3n) is 6.19. The van der Waals surface area contributed by atoms with Gasteiger partial charge in [0.05, 0.1) is 36.7 Å². The van der Waals surface area contributed by atoms with E-state index in [4.69, 9.17) is 9.47 Å². The van der Waals surface area contributed by atoms with Crippen molar-refractivity contribution in [3.05, 3.63) is 53.7 Å². The highest BCUT2D eigenvalue weighted by Gasteiger charge is 2.30. The van der Waals surface area contributed by atoms with E-state index in [1.54, 1.807) is 29.6 Å². The molecule has 1 N–H and O–H groups in total. The maximum absolute atomic E-state index is 12.4. The highest BCUT2D eigenvalue weighted by Crippen LogP contribution is 2.30. The van der Waals surface area contributed by atoms with E-state index in [0.29, 0.717) is 42.5 Å². The van der Waals surface area contributed by atoms with E-state index < -0.39 is 0 Å². The molecule has 1 atom stereocenters. The summed E-state index contributed by atoms with van der Waals surface area (Å²) in [6, 6.07) is 5.46. The number of carbonyl (C=O) groups excluding carboxylic acids is 2. The van der Waals surface area contributed by atoms with Gasteiger partial charge in [0.15, 0.2) is 0 Å². The Balaban J connectivity index is 1.35. The summed E-state index contributed by atoms with van der Waals surface area (Å²) in [4.78, 5) is 39.5. The van der Waals surface area contributed by atoms with E-state index in [-0.39, 0.29) is 30.4 Å². The number of anilines is 2. The molecule has 5 rings (SSSR count). The fourth-order valence-corrected chi connectivity index (χ4v) is 3.98. The Bertz CT molecular complexity index is 1360. The Morgan fingerprint density at radius 3 is 2.78 bits per heavy atom. The van der Waals surface area contributed by atoms with Crippen molar-refractivity contribution in [2.75, 3.05) is 36.6 Å². The van der Waals surface area contributed by atoms with E-state index in [1.807, 2.05) is 26.0 Å². The summed E-state index contributed by atoms with van der Waals surface area (Å²) in [5.41, 5.74) is 2.81. The van der Waals surface area contributed by atoms with Gasteiger partial charge >= 0.3 is 0 Å². The van der Waals surface area contributed by atoms with E-state index in [9.17, 15) is 9.59 Å². The highest BCUT2D eigenvalue weighted by molar-refractivity contribution is 5.97. The summed E-state index contributed by atoms with van der Waals surface area (Å²) >= 11 is 0. The van der Waals surface area contributed by atoms with Crippen LogP contribution < -0.4 is 10.2 Å². The summed E-state index contributed by atoms with van der Waals surface area (Å²) in [7, 11) is 0. The molecule has 3 aromatic rings. The summed E-state index contributed by atoms with van der Waals surface area (Å²) in [5, 5.41) is 4.64. The molecule has 2 aliphatic rings. The Morgan fingerprint density at radius 2 is 2.03 bits per heavy atom. The second kappa shape index (κ2) is 10.4. The lowest BCUT2D eigenvalue weighted by molar-refractivity contribution is -0.131. The molecule has 1 unspecified atom stereocenters. The average Bonchev–Trinajstić information content (AvgIpc) is 3.74. The number of pyridine rings is 3. The second-order valence-corrected chi connectivity index (χ2v) is 8.88. The smallest absolute Gasteiger partial charge is 0.253 e. The Hall–Kier alpha value is -3.87. The first kappa shape index (κ1) is 23.9. The van der Waals surface area contributed by atoms with Gasteiger partial charge in [-0.3, -0.25) is 14.6 Å². The van der Waals surface area contributed by atoms with Crippen LogP contribution in [0, 0.1) is 24.7 Å². The van der Waals surface area contributed by atoms with Gasteiger partial charge in [0, 0.05) is 41.4 Å². The van der Waals surface area contributed by atoms with Crippen LogP contribution >= 0.6 is 0 Å². The van der Waals surface area contributed by atoms with E-state index in [1.165, 1.54) is 0 Å². The number of aromatic nitrogens is 3. The first-order valence-electron chi connectivity index (χ1n) is 12.1. The third-order valence-corrected chi connectivity index (χ3v) is 6.19. The monoisotopic (exact) mass is 485 g/mol. The average molecular weight is 486 g/mol. The number of nitrogens with zero attached hydrogens (tertiary/aromatic N) is 4. The fraction of sp³-hybridized carbons (Fsp3) is 0.370. The topological polar surface area (TPSA) is 107 Å². The number of morpholine rings is 1. The Kier molecular flexibility index (Phi) is 6.89. The van der Waals surface area contributed by atoms with Crippen molar-refractivity contribution in [2.24, 2.45) is 5.92 Å². The fourth-order valence-electron chi connectivity index (χ4n) is 3.98. The van der Waals surface area contributed by atoms with Gasteiger partial charge in [-0.15, -0.1) is 0 Å². The molecule has 184 valence electrons. The molecule has 1 saturated carbocycles. The third kappa shape index (κ3) is 5.35. The highest BCUT2D eigenvalue weighted by atomic mass is 16.5. The number of hydrogen-bond acceptors (Lipinski definition) is 7. The molecule has 1 aliphatic heterocycles. The molecule has 3 aromatic heterocycles. The van der Waals surface area contributed by atoms with Crippen LogP contribution in [0.2, 0.25) is 0 Å². The lowest BCUT2D eigenvalue weighted by atomic mass is 10.1. The van der Waals surface area contributed by atoms with Crippen LogP contribution in [0.1, 0.15) is 36.7 Å². The van der Waals surface area contributed by atoms with Gasteiger partial charge in [0.1, 0.15) is 18.1 Å². The molecule has 9 heteroatoms. The van der Waals surface area contributed by atoms with Crippen LogP contribution in [0.15, 0.2) is 36.8 Å². The van der Waals surface area contributed by atoms with Gasteiger partial charge in [-0.2, -0.15) is 0 Å². The van der Waals surface area contributed by atoms with Crippen molar-refractivity contribution in [1.29, 1.82) is 0 Å².